The molecule has 0 spiro atoms. The molecule has 7 heteroatoms. The second-order valence-corrected chi connectivity index (χ2v) is 6.67. The zero-order valence-corrected chi connectivity index (χ0v) is 17.3. The van der Waals surface area contributed by atoms with Gasteiger partial charge in [-0.1, -0.05) is 6.92 Å². The van der Waals surface area contributed by atoms with Gasteiger partial charge in [0.1, 0.15) is 11.5 Å². The maximum absolute atomic E-state index is 13.0. The number of nitrogens with one attached hydrogen (secondary N) is 1. The van der Waals surface area contributed by atoms with Gasteiger partial charge in [0, 0.05) is 6.07 Å². The molecule has 0 fully saturated rings. The predicted molar refractivity (Wildman–Crippen MR) is 112 cm³/mol. The third kappa shape index (κ3) is 4.39. The highest BCUT2D eigenvalue weighted by molar-refractivity contribution is 6.06. The number of aryl methyl sites for hydroxylation is 2. The van der Waals surface area contributed by atoms with Crippen molar-refractivity contribution in [1.82, 2.24) is 9.97 Å². The lowest BCUT2D eigenvalue weighted by atomic mass is 10.1. The molecule has 0 saturated heterocycles. The summed E-state index contributed by atoms with van der Waals surface area (Å²) in [5, 5.41) is 2.83. The van der Waals surface area contributed by atoms with Crippen LogP contribution in [0.15, 0.2) is 30.3 Å². The summed E-state index contributed by atoms with van der Waals surface area (Å²) in [6.07, 6.45) is 0.792. The lowest BCUT2D eigenvalue weighted by Gasteiger charge is -2.14. The number of hydrogen-bond donors (Lipinski definition) is 1. The van der Waals surface area contributed by atoms with Crippen LogP contribution in [0.5, 0.6) is 17.4 Å². The molecule has 1 amide bonds. The van der Waals surface area contributed by atoms with E-state index in [4.69, 9.17) is 14.2 Å². The van der Waals surface area contributed by atoms with Crippen molar-refractivity contribution >= 4 is 22.6 Å². The van der Waals surface area contributed by atoms with E-state index in [1.165, 1.54) is 7.11 Å². The fraction of sp³-hybridized carbons (Fsp3) is 0.318. The number of carbonyl (C=O) groups excluding carboxylic acids is 1. The van der Waals surface area contributed by atoms with Gasteiger partial charge in [0.15, 0.2) is 5.69 Å². The molecular formula is C22H25N3O4. The second-order valence-electron chi connectivity index (χ2n) is 6.67. The highest BCUT2D eigenvalue weighted by Crippen LogP contribution is 2.30. The van der Waals surface area contributed by atoms with Gasteiger partial charge < -0.3 is 19.5 Å². The summed E-state index contributed by atoms with van der Waals surface area (Å²) < 4.78 is 16.3. The minimum Gasteiger partial charge on any atom is -0.497 e. The molecule has 0 aliphatic rings. The topological polar surface area (TPSA) is 82.6 Å². The Morgan fingerprint density at radius 2 is 1.69 bits per heavy atom. The molecule has 0 radical (unpaired) electrons. The number of ether oxygens (including phenoxy) is 3. The molecule has 1 N–H and O–H groups in total. The summed E-state index contributed by atoms with van der Waals surface area (Å²) in [5.41, 5.74) is 4.15. The van der Waals surface area contributed by atoms with Crippen LogP contribution in [0.3, 0.4) is 0 Å². The molecule has 0 aliphatic heterocycles. The molecule has 2 aromatic carbocycles. The van der Waals surface area contributed by atoms with Gasteiger partial charge in [-0.05, 0) is 55.7 Å². The Morgan fingerprint density at radius 1 is 1.00 bits per heavy atom. The first-order valence-corrected chi connectivity index (χ1v) is 9.42. The van der Waals surface area contributed by atoms with E-state index < -0.39 is 5.91 Å². The summed E-state index contributed by atoms with van der Waals surface area (Å²) in [4.78, 5) is 22.1. The van der Waals surface area contributed by atoms with Crippen molar-refractivity contribution in [1.29, 1.82) is 0 Å². The smallest absolute Gasteiger partial charge is 0.280 e. The monoisotopic (exact) mass is 395 g/mol. The van der Waals surface area contributed by atoms with Crippen molar-refractivity contribution < 1.29 is 19.0 Å². The van der Waals surface area contributed by atoms with E-state index in [1.807, 2.05) is 32.9 Å². The first-order chi connectivity index (χ1) is 14.0. The third-order valence-corrected chi connectivity index (χ3v) is 4.56. The van der Waals surface area contributed by atoms with Crippen LogP contribution in [0, 0.1) is 13.8 Å². The Kier molecular flexibility index (Phi) is 6.16. The number of fused-ring (bicyclic) bond motifs is 1. The minimum atomic E-state index is -0.424. The number of nitrogens with zero attached hydrogens (tertiary/aromatic N) is 2. The van der Waals surface area contributed by atoms with Crippen molar-refractivity contribution in [3.63, 3.8) is 0 Å². The second kappa shape index (κ2) is 8.77. The van der Waals surface area contributed by atoms with E-state index >= 15 is 0 Å². The molecule has 0 atom stereocenters. The van der Waals surface area contributed by atoms with Crippen LogP contribution in [0.2, 0.25) is 0 Å². The quantitative estimate of drug-likeness (QED) is 0.642. The lowest BCUT2D eigenvalue weighted by Crippen LogP contribution is -2.17. The number of benzene rings is 2. The van der Waals surface area contributed by atoms with Gasteiger partial charge in [-0.15, -0.1) is 0 Å². The number of methoxy groups -OCH3 is 2. The summed E-state index contributed by atoms with van der Waals surface area (Å²) in [5.74, 6) is 0.900. The summed E-state index contributed by atoms with van der Waals surface area (Å²) >= 11 is 0. The lowest BCUT2D eigenvalue weighted by molar-refractivity contribution is 0.101. The van der Waals surface area contributed by atoms with Crippen molar-refractivity contribution in [3.8, 4) is 17.4 Å². The van der Waals surface area contributed by atoms with Crippen LogP contribution in [-0.4, -0.2) is 36.7 Å². The van der Waals surface area contributed by atoms with Crippen LogP contribution in [0.1, 0.15) is 35.0 Å². The largest absolute Gasteiger partial charge is 0.497 e. The number of carbonyl (C=O) groups is 1. The predicted octanol–water partition coefficient (Wildman–Crippen LogP) is 4.30. The van der Waals surface area contributed by atoms with E-state index in [9.17, 15) is 4.79 Å². The molecule has 29 heavy (non-hydrogen) atoms. The highest BCUT2D eigenvalue weighted by Gasteiger charge is 2.20. The zero-order valence-electron chi connectivity index (χ0n) is 17.3. The van der Waals surface area contributed by atoms with E-state index in [-0.39, 0.29) is 11.6 Å². The summed E-state index contributed by atoms with van der Waals surface area (Å²) in [6.45, 7) is 6.45. The van der Waals surface area contributed by atoms with Crippen LogP contribution >= 0.6 is 0 Å². The Bertz CT molecular complexity index is 1050. The molecule has 152 valence electrons. The van der Waals surface area contributed by atoms with Gasteiger partial charge in [-0.25, -0.2) is 9.97 Å². The molecule has 3 rings (SSSR count). The minimum absolute atomic E-state index is 0.132. The van der Waals surface area contributed by atoms with Gasteiger partial charge in [-0.2, -0.15) is 0 Å². The molecule has 0 bridgehead atoms. The number of hydrogen-bond acceptors (Lipinski definition) is 6. The molecule has 3 aromatic rings. The molecule has 0 aliphatic carbocycles. The zero-order chi connectivity index (χ0) is 21.0. The van der Waals surface area contributed by atoms with Crippen molar-refractivity contribution in [2.75, 3.05) is 26.1 Å². The molecule has 1 heterocycles. The standard InChI is InChI=1S/C22H25N3O4/c1-6-9-29-22-20(23-17-10-13(2)14(3)11-18(17)25-22)21(26)24-16-8-7-15(27-4)12-19(16)28-5/h7-8,10-12H,6,9H2,1-5H3,(H,24,26). The summed E-state index contributed by atoms with van der Waals surface area (Å²) in [7, 11) is 3.10. The Morgan fingerprint density at radius 3 is 2.31 bits per heavy atom. The van der Waals surface area contributed by atoms with Gasteiger partial charge in [-0.3, -0.25) is 4.79 Å². The van der Waals surface area contributed by atoms with Crippen LogP contribution in [0.4, 0.5) is 5.69 Å². The molecule has 0 saturated carbocycles. The van der Waals surface area contributed by atoms with E-state index in [0.29, 0.717) is 34.8 Å². The van der Waals surface area contributed by atoms with E-state index in [0.717, 1.165) is 17.5 Å². The van der Waals surface area contributed by atoms with E-state index in [1.54, 1.807) is 25.3 Å². The maximum atomic E-state index is 13.0. The van der Waals surface area contributed by atoms with Crippen molar-refractivity contribution in [2.24, 2.45) is 0 Å². The number of anilines is 1. The van der Waals surface area contributed by atoms with Crippen LogP contribution in [0.25, 0.3) is 11.0 Å². The Hall–Kier alpha value is -3.35. The average molecular weight is 395 g/mol. The van der Waals surface area contributed by atoms with Crippen LogP contribution < -0.4 is 19.5 Å². The number of amides is 1. The highest BCUT2D eigenvalue weighted by atomic mass is 16.5. The third-order valence-electron chi connectivity index (χ3n) is 4.56. The van der Waals surface area contributed by atoms with Crippen LogP contribution in [-0.2, 0) is 0 Å². The molecule has 0 unspecified atom stereocenters. The molecule has 7 nitrogen and oxygen atoms in total. The average Bonchev–Trinajstić information content (AvgIpc) is 2.72. The fourth-order valence-electron chi connectivity index (χ4n) is 2.83. The molecular weight excluding hydrogens is 370 g/mol. The van der Waals surface area contributed by atoms with Gasteiger partial charge in [0.2, 0.25) is 5.88 Å². The number of aromatic nitrogens is 2. The first kappa shape index (κ1) is 20.4. The number of rotatable bonds is 7. The van der Waals surface area contributed by atoms with E-state index in [2.05, 4.69) is 15.3 Å². The Labute approximate surface area is 170 Å². The SMILES string of the molecule is CCCOc1nc2cc(C)c(C)cc2nc1C(=O)Nc1ccc(OC)cc1OC. The Balaban J connectivity index is 2.02. The fourth-order valence-corrected chi connectivity index (χ4v) is 2.83. The van der Waals surface area contributed by atoms with Crippen molar-refractivity contribution in [3.05, 3.63) is 47.2 Å². The van der Waals surface area contributed by atoms with Gasteiger partial charge in [0.25, 0.3) is 5.91 Å². The first-order valence-electron chi connectivity index (χ1n) is 9.42. The summed E-state index contributed by atoms with van der Waals surface area (Å²) in [6, 6.07) is 9.02. The van der Waals surface area contributed by atoms with Gasteiger partial charge in [0.05, 0.1) is 37.5 Å². The molecule has 1 aromatic heterocycles. The van der Waals surface area contributed by atoms with Crippen molar-refractivity contribution in [2.45, 2.75) is 27.2 Å². The van der Waals surface area contributed by atoms with Gasteiger partial charge >= 0.3 is 0 Å². The normalized spacial score (nSPS) is 10.7. The maximum Gasteiger partial charge on any atom is 0.280 e.